The third-order valence-corrected chi connectivity index (χ3v) is 11.1. The summed E-state index contributed by atoms with van der Waals surface area (Å²) in [5.41, 5.74) is 10.4. The maximum atomic E-state index is 2.53. The summed E-state index contributed by atoms with van der Waals surface area (Å²) >= 11 is 1.89. The topological polar surface area (TPSA) is 3.24 Å². The summed E-state index contributed by atoms with van der Waals surface area (Å²) < 4.78 is 2.67. The molecular weight excluding hydrogens is 575 g/mol. The predicted molar refractivity (Wildman–Crippen MR) is 199 cm³/mol. The molecule has 2 heteroatoms. The van der Waals surface area contributed by atoms with Crippen LogP contribution >= 0.6 is 11.3 Å². The Morgan fingerprint density at radius 2 is 1.24 bits per heavy atom. The van der Waals surface area contributed by atoms with Crippen LogP contribution in [0.15, 0.2) is 158 Å². The number of thiophene rings is 1. The van der Waals surface area contributed by atoms with Gasteiger partial charge < -0.3 is 4.90 Å². The van der Waals surface area contributed by atoms with Crippen LogP contribution < -0.4 is 4.90 Å². The molecule has 10 rings (SSSR count). The first-order valence-corrected chi connectivity index (χ1v) is 16.9. The number of para-hydroxylation sites is 1. The minimum Gasteiger partial charge on any atom is -0.333 e. The molecule has 0 N–H and O–H groups in total. The van der Waals surface area contributed by atoms with Gasteiger partial charge in [0.2, 0.25) is 0 Å². The normalized spacial score (nSPS) is 15.5. The number of allylic oxidation sites excluding steroid dienone is 2. The van der Waals surface area contributed by atoms with Gasteiger partial charge in [0.25, 0.3) is 0 Å². The number of hydrogen-bond donors (Lipinski definition) is 0. The highest BCUT2D eigenvalue weighted by molar-refractivity contribution is 7.25. The highest BCUT2D eigenvalue weighted by atomic mass is 32.1. The van der Waals surface area contributed by atoms with Crippen molar-refractivity contribution >= 4 is 70.0 Å². The van der Waals surface area contributed by atoms with E-state index in [0.29, 0.717) is 6.04 Å². The molecule has 1 nitrogen and oxygen atoms in total. The van der Waals surface area contributed by atoms with Crippen molar-refractivity contribution in [2.24, 2.45) is 0 Å². The average molecular weight is 604 g/mol. The van der Waals surface area contributed by atoms with Gasteiger partial charge in [-0.15, -0.1) is 11.3 Å². The lowest BCUT2D eigenvalue weighted by Crippen LogP contribution is -2.26. The number of anilines is 2. The molecule has 0 saturated heterocycles. The first kappa shape index (κ1) is 25.8. The van der Waals surface area contributed by atoms with E-state index in [2.05, 4.69) is 163 Å². The van der Waals surface area contributed by atoms with Crippen molar-refractivity contribution in [3.8, 4) is 22.3 Å². The van der Waals surface area contributed by atoms with Gasteiger partial charge in [-0.25, -0.2) is 0 Å². The van der Waals surface area contributed by atoms with Gasteiger partial charge >= 0.3 is 0 Å². The van der Waals surface area contributed by atoms with E-state index in [9.17, 15) is 0 Å². The van der Waals surface area contributed by atoms with Gasteiger partial charge in [0.05, 0.1) is 6.04 Å². The fraction of sp³-hybridized carbons (Fsp3) is 0.0455. The second kappa shape index (κ2) is 10.0. The third kappa shape index (κ3) is 3.74. The molecule has 0 spiro atoms. The van der Waals surface area contributed by atoms with E-state index in [1.54, 1.807) is 0 Å². The Morgan fingerprint density at radius 1 is 0.522 bits per heavy atom. The van der Waals surface area contributed by atoms with Crippen molar-refractivity contribution < 1.29 is 0 Å². The molecule has 0 radical (unpaired) electrons. The first-order chi connectivity index (χ1) is 22.8. The molecule has 0 saturated carbocycles. The molecule has 1 atom stereocenters. The minimum atomic E-state index is 0.306. The van der Waals surface area contributed by atoms with Gasteiger partial charge in [0.15, 0.2) is 0 Å². The van der Waals surface area contributed by atoms with Gasteiger partial charge in [0.1, 0.15) is 0 Å². The summed E-state index contributed by atoms with van der Waals surface area (Å²) in [6, 6.07) is 52.1. The molecule has 0 bridgehead atoms. The highest BCUT2D eigenvalue weighted by Crippen LogP contribution is 2.51. The van der Waals surface area contributed by atoms with Crippen molar-refractivity contribution in [1.82, 2.24) is 0 Å². The van der Waals surface area contributed by atoms with Crippen LogP contribution in [0.1, 0.15) is 12.0 Å². The fourth-order valence-electron chi connectivity index (χ4n) is 7.95. The highest BCUT2D eigenvalue weighted by Gasteiger charge is 2.35. The summed E-state index contributed by atoms with van der Waals surface area (Å²) in [6.07, 6.45) is 7.86. The molecule has 2 heterocycles. The lowest BCUT2D eigenvalue weighted by atomic mass is 9.83. The maximum Gasteiger partial charge on any atom is 0.0632 e. The Bertz CT molecular complexity index is 2550. The van der Waals surface area contributed by atoms with E-state index in [1.165, 1.54) is 86.5 Å². The summed E-state index contributed by atoms with van der Waals surface area (Å²) in [5.74, 6) is 0. The van der Waals surface area contributed by atoms with E-state index in [4.69, 9.17) is 0 Å². The van der Waals surface area contributed by atoms with Crippen LogP contribution in [-0.2, 0) is 0 Å². The maximum absolute atomic E-state index is 2.53. The van der Waals surface area contributed by atoms with Crippen molar-refractivity contribution in [2.45, 2.75) is 12.5 Å². The number of hydrogen-bond acceptors (Lipinski definition) is 2. The molecule has 1 aliphatic heterocycles. The zero-order valence-corrected chi connectivity index (χ0v) is 26.0. The van der Waals surface area contributed by atoms with Gasteiger partial charge in [-0.2, -0.15) is 0 Å². The molecule has 7 aromatic carbocycles. The molecule has 1 aromatic heterocycles. The number of fused-ring (bicyclic) bond motifs is 9. The quantitative estimate of drug-likeness (QED) is 0.182. The molecule has 1 aliphatic carbocycles. The Kier molecular flexibility index (Phi) is 5.64. The van der Waals surface area contributed by atoms with Crippen LogP contribution in [0.4, 0.5) is 11.4 Å². The van der Waals surface area contributed by atoms with Gasteiger partial charge in [-0.1, -0.05) is 115 Å². The monoisotopic (exact) mass is 603 g/mol. The Morgan fingerprint density at radius 3 is 2.09 bits per heavy atom. The molecule has 1 unspecified atom stereocenters. The summed E-state index contributed by atoms with van der Waals surface area (Å²) in [5, 5.41) is 7.89. The summed E-state index contributed by atoms with van der Waals surface area (Å²) in [6.45, 7) is 0. The van der Waals surface area contributed by atoms with Crippen molar-refractivity contribution in [3.63, 3.8) is 0 Å². The van der Waals surface area contributed by atoms with E-state index in [1.807, 2.05) is 11.3 Å². The molecule has 8 aromatic rings. The molecule has 0 amide bonds. The second-order valence-corrected chi connectivity index (χ2v) is 13.5. The molecule has 46 heavy (non-hydrogen) atoms. The van der Waals surface area contributed by atoms with E-state index in [0.717, 1.165) is 6.42 Å². The van der Waals surface area contributed by atoms with Crippen LogP contribution in [0.5, 0.6) is 0 Å². The van der Waals surface area contributed by atoms with Crippen LogP contribution in [0, 0.1) is 0 Å². The number of nitrogens with zero attached hydrogens (tertiary/aromatic N) is 1. The van der Waals surface area contributed by atoms with E-state index >= 15 is 0 Å². The molecular formula is C44H29NS. The number of rotatable bonds is 3. The van der Waals surface area contributed by atoms with Crippen molar-refractivity contribution in [1.29, 1.82) is 0 Å². The molecule has 0 fully saturated rings. The van der Waals surface area contributed by atoms with Gasteiger partial charge in [0, 0.05) is 37.1 Å². The van der Waals surface area contributed by atoms with Crippen molar-refractivity contribution in [3.05, 3.63) is 163 Å². The third-order valence-electron chi connectivity index (χ3n) is 9.92. The Balaban J connectivity index is 1.31. The van der Waals surface area contributed by atoms with Crippen LogP contribution in [-0.4, -0.2) is 6.04 Å². The van der Waals surface area contributed by atoms with E-state index < -0.39 is 0 Å². The summed E-state index contributed by atoms with van der Waals surface area (Å²) in [7, 11) is 0. The predicted octanol–water partition coefficient (Wildman–Crippen LogP) is 12.6. The molecule has 216 valence electrons. The van der Waals surface area contributed by atoms with Gasteiger partial charge in [-0.3, -0.25) is 0 Å². The standard InChI is InChI=1S/C44H29NS/c1-3-13-28(14-4-1)43-38-27-42-37(33-19-10-12-22-41(33)46-42)26-35(38)31-17-7-8-20-34(31)44(43)29-23-24-40-36(25-29)32-18-9-11-21-39(32)45(40)30-15-5-2-6-16-30/h1-20,22-27,39H,21H2. The Labute approximate surface area is 272 Å². The van der Waals surface area contributed by atoms with Crippen LogP contribution in [0.2, 0.25) is 0 Å². The lowest BCUT2D eigenvalue weighted by molar-refractivity contribution is 0.829. The lowest BCUT2D eigenvalue weighted by Gasteiger charge is -2.28. The number of benzene rings is 7. The van der Waals surface area contributed by atoms with Crippen molar-refractivity contribution in [2.75, 3.05) is 4.90 Å². The first-order valence-electron chi connectivity index (χ1n) is 16.0. The van der Waals surface area contributed by atoms with Gasteiger partial charge in [-0.05, 0) is 98.3 Å². The molecule has 2 aliphatic rings. The Hall–Kier alpha value is -5.44. The zero-order chi connectivity index (χ0) is 30.2. The van der Waals surface area contributed by atoms with E-state index in [-0.39, 0.29) is 0 Å². The van der Waals surface area contributed by atoms with Crippen LogP contribution in [0.25, 0.3) is 69.5 Å². The van der Waals surface area contributed by atoms with Crippen LogP contribution in [0.3, 0.4) is 0 Å². The average Bonchev–Trinajstić information content (AvgIpc) is 3.66. The zero-order valence-electron chi connectivity index (χ0n) is 25.2. The largest absolute Gasteiger partial charge is 0.333 e. The SMILES string of the molecule is C1=CCC2C(=C1)c1cc(-c3c(-c4ccccc4)c4cc5sc6ccccc6c5cc4c4ccccc34)ccc1N2c1ccccc1. The second-order valence-electron chi connectivity index (χ2n) is 12.4. The smallest absolute Gasteiger partial charge is 0.0632 e. The summed E-state index contributed by atoms with van der Waals surface area (Å²) in [4.78, 5) is 2.53. The fourth-order valence-corrected chi connectivity index (χ4v) is 9.08. The minimum absolute atomic E-state index is 0.306.